The third kappa shape index (κ3) is 4.50. The van der Waals surface area contributed by atoms with Crippen molar-refractivity contribution in [3.05, 3.63) is 84.6 Å². The van der Waals surface area contributed by atoms with Crippen molar-refractivity contribution in [1.29, 1.82) is 5.26 Å². The average Bonchev–Trinajstić information content (AvgIpc) is 3.33. The summed E-state index contributed by atoms with van der Waals surface area (Å²) in [5.74, 6) is 0.836. The molecular weight excluding hydrogens is 468 g/mol. The number of pyridine rings is 1. The van der Waals surface area contributed by atoms with Gasteiger partial charge in [-0.3, -0.25) is 14.0 Å². The minimum Gasteiger partial charge on any atom is -0.382 e. The van der Waals surface area contributed by atoms with E-state index in [4.69, 9.17) is 16.0 Å². The zero-order chi connectivity index (χ0) is 25.9. The molecule has 0 unspecified atom stereocenters. The Kier molecular flexibility index (Phi) is 6.34. The van der Waals surface area contributed by atoms with Crippen molar-refractivity contribution in [3.63, 3.8) is 0 Å². The molecule has 1 aliphatic heterocycles. The summed E-state index contributed by atoms with van der Waals surface area (Å²) in [5.41, 5.74) is 9.11. The molecule has 1 saturated heterocycles. The molecule has 10 heteroatoms. The molecule has 4 heterocycles. The largest absolute Gasteiger partial charge is 0.382 e. The minimum atomic E-state index is -0.355. The summed E-state index contributed by atoms with van der Waals surface area (Å²) in [6.45, 7) is 4.29. The van der Waals surface area contributed by atoms with Gasteiger partial charge in [-0.2, -0.15) is 5.26 Å². The van der Waals surface area contributed by atoms with E-state index in [0.29, 0.717) is 46.3 Å². The van der Waals surface area contributed by atoms with E-state index in [1.165, 1.54) is 18.3 Å². The van der Waals surface area contributed by atoms with Gasteiger partial charge in [0, 0.05) is 36.3 Å². The number of imidazole rings is 1. The van der Waals surface area contributed by atoms with E-state index in [-0.39, 0.29) is 17.9 Å². The lowest BCUT2D eigenvalue weighted by molar-refractivity contribution is -0.129. The Hall–Kier alpha value is -5.04. The maximum absolute atomic E-state index is 12.7. The van der Waals surface area contributed by atoms with Crippen LogP contribution in [0.3, 0.4) is 0 Å². The molecule has 0 saturated carbocycles. The second kappa shape index (κ2) is 9.91. The molecule has 37 heavy (non-hydrogen) atoms. The van der Waals surface area contributed by atoms with Crippen LogP contribution in [0.2, 0.25) is 0 Å². The molecule has 1 atom stereocenters. The van der Waals surface area contributed by atoms with Crippen LogP contribution in [-0.4, -0.2) is 42.6 Å². The quantitative estimate of drug-likeness (QED) is 0.404. The molecule has 1 aliphatic rings. The topological polar surface area (TPSA) is 142 Å². The van der Waals surface area contributed by atoms with Gasteiger partial charge in [-0.15, -0.1) is 0 Å². The molecule has 10 nitrogen and oxygen atoms in total. The van der Waals surface area contributed by atoms with Gasteiger partial charge in [0.15, 0.2) is 0 Å². The van der Waals surface area contributed by atoms with E-state index in [1.807, 2.05) is 10.5 Å². The van der Waals surface area contributed by atoms with Gasteiger partial charge < -0.3 is 16.0 Å². The molecule has 3 aromatic heterocycles. The fourth-order valence-corrected chi connectivity index (χ4v) is 4.64. The Bertz CT molecular complexity index is 1550. The Labute approximate surface area is 213 Å². The van der Waals surface area contributed by atoms with E-state index in [1.54, 1.807) is 47.6 Å². The van der Waals surface area contributed by atoms with Crippen LogP contribution in [-0.2, 0) is 4.79 Å². The predicted octanol–water partition coefficient (Wildman–Crippen LogP) is 3.74. The van der Waals surface area contributed by atoms with Crippen LogP contribution >= 0.6 is 0 Å². The van der Waals surface area contributed by atoms with E-state index in [9.17, 15) is 9.59 Å². The van der Waals surface area contributed by atoms with Crippen LogP contribution in [0, 0.1) is 11.3 Å². The first-order valence-corrected chi connectivity index (χ1v) is 11.8. The lowest BCUT2D eigenvalue weighted by atomic mass is 10.0. The van der Waals surface area contributed by atoms with Gasteiger partial charge in [-0.1, -0.05) is 18.7 Å². The molecule has 0 aliphatic carbocycles. The number of hydrogen-bond acceptors (Lipinski definition) is 7. The number of nitrogens with two attached hydrogens (primary N) is 1. The van der Waals surface area contributed by atoms with Crippen molar-refractivity contribution in [1.82, 2.24) is 24.3 Å². The zero-order valence-electron chi connectivity index (χ0n) is 20.0. The van der Waals surface area contributed by atoms with Crippen molar-refractivity contribution >= 4 is 29.0 Å². The number of piperidine rings is 1. The van der Waals surface area contributed by atoms with Gasteiger partial charge in [0.25, 0.3) is 5.91 Å². The highest BCUT2D eigenvalue weighted by atomic mass is 16.2. The number of nitrogen functional groups attached to an aromatic ring is 1. The maximum atomic E-state index is 12.7. The molecule has 0 radical (unpaired) electrons. The molecule has 184 valence electrons. The van der Waals surface area contributed by atoms with Gasteiger partial charge in [-0.25, -0.2) is 15.0 Å². The number of likely N-dealkylation sites (tertiary alicyclic amines) is 1. The summed E-state index contributed by atoms with van der Waals surface area (Å²) >= 11 is 0. The SMILES string of the molecule is C=CC(=O)N1CCCC[C@H]1c1nc(-c2ccc(C(=O)Nc3cc(C#N)ccn3)cc2)c2c(N)nccn12. The number of anilines is 2. The molecule has 2 amide bonds. The van der Waals surface area contributed by atoms with Crippen LogP contribution in [0.5, 0.6) is 0 Å². The van der Waals surface area contributed by atoms with Crippen molar-refractivity contribution < 1.29 is 9.59 Å². The number of nitrogens with one attached hydrogen (secondary N) is 1. The summed E-state index contributed by atoms with van der Waals surface area (Å²) in [6, 6.07) is 11.8. The normalized spacial score (nSPS) is 15.2. The third-order valence-corrected chi connectivity index (χ3v) is 6.42. The summed E-state index contributed by atoms with van der Waals surface area (Å²) in [4.78, 5) is 40.4. The number of carbonyl (C=O) groups is 2. The number of nitrogens with zero attached hydrogens (tertiary/aromatic N) is 6. The van der Waals surface area contributed by atoms with E-state index in [0.717, 1.165) is 24.8 Å². The fourth-order valence-electron chi connectivity index (χ4n) is 4.64. The summed E-state index contributed by atoms with van der Waals surface area (Å²) in [5, 5.41) is 11.8. The highest BCUT2D eigenvalue weighted by Crippen LogP contribution is 2.36. The van der Waals surface area contributed by atoms with Gasteiger partial charge in [-0.05, 0) is 49.6 Å². The van der Waals surface area contributed by atoms with Crippen LogP contribution < -0.4 is 11.1 Å². The number of carbonyl (C=O) groups excluding carboxylic acids is 2. The number of fused-ring (bicyclic) bond motifs is 1. The number of benzene rings is 1. The monoisotopic (exact) mass is 492 g/mol. The summed E-state index contributed by atoms with van der Waals surface area (Å²) in [6.07, 6.45) is 8.89. The highest BCUT2D eigenvalue weighted by Gasteiger charge is 2.31. The van der Waals surface area contributed by atoms with Gasteiger partial charge in [0.2, 0.25) is 5.91 Å². The highest BCUT2D eigenvalue weighted by molar-refractivity contribution is 6.04. The standard InChI is InChI=1S/C27H24N8O2/c1-2-22(36)34-13-4-3-5-20(34)26-33-23(24-25(29)31-12-14-35(24)26)18-6-8-19(9-7-18)27(37)32-21-15-17(16-28)10-11-30-21/h2,6-12,14-15,20H,1,3-5,13H2,(H2,29,31)(H,30,32,37)/t20-/m0/s1. The third-order valence-electron chi connectivity index (χ3n) is 6.42. The Morgan fingerprint density at radius 2 is 1.97 bits per heavy atom. The molecular formula is C27H24N8O2. The second-order valence-corrected chi connectivity index (χ2v) is 8.67. The van der Waals surface area contributed by atoms with Crippen LogP contribution in [0.25, 0.3) is 16.8 Å². The van der Waals surface area contributed by atoms with Crippen LogP contribution in [0.15, 0.2) is 67.6 Å². The van der Waals surface area contributed by atoms with Crippen LogP contribution in [0.1, 0.15) is 47.1 Å². The van der Waals surface area contributed by atoms with Gasteiger partial charge in [0.1, 0.15) is 28.7 Å². The number of nitriles is 1. The molecule has 0 bridgehead atoms. The first kappa shape index (κ1) is 23.7. The van der Waals surface area contributed by atoms with Gasteiger partial charge >= 0.3 is 0 Å². The Balaban J connectivity index is 1.49. The zero-order valence-corrected chi connectivity index (χ0v) is 20.0. The summed E-state index contributed by atoms with van der Waals surface area (Å²) < 4.78 is 1.89. The molecule has 0 spiro atoms. The Morgan fingerprint density at radius 1 is 1.16 bits per heavy atom. The van der Waals surface area contributed by atoms with Crippen LogP contribution in [0.4, 0.5) is 11.6 Å². The molecule has 5 rings (SSSR count). The van der Waals surface area contributed by atoms with E-state index < -0.39 is 0 Å². The first-order valence-electron chi connectivity index (χ1n) is 11.8. The lowest BCUT2D eigenvalue weighted by Gasteiger charge is -2.34. The predicted molar refractivity (Wildman–Crippen MR) is 138 cm³/mol. The first-order chi connectivity index (χ1) is 18.0. The number of aromatic nitrogens is 4. The molecule has 3 N–H and O–H groups in total. The van der Waals surface area contributed by atoms with Crippen molar-refractivity contribution in [3.8, 4) is 17.3 Å². The second-order valence-electron chi connectivity index (χ2n) is 8.67. The van der Waals surface area contributed by atoms with Crippen molar-refractivity contribution in [2.75, 3.05) is 17.6 Å². The Morgan fingerprint density at radius 3 is 2.73 bits per heavy atom. The van der Waals surface area contributed by atoms with E-state index in [2.05, 4.69) is 21.9 Å². The number of hydrogen-bond donors (Lipinski definition) is 2. The number of amides is 2. The number of rotatable bonds is 5. The molecule has 1 fully saturated rings. The van der Waals surface area contributed by atoms with Gasteiger partial charge in [0.05, 0.1) is 17.7 Å². The van der Waals surface area contributed by atoms with Crippen molar-refractivity contribution in [2.45, 2.75) is 25.3 Å². The fraction of sp³-hybridized carbons (Fsp3) is 0.185. The minimum absolute atomic E-state index is 0.129. The van der Waals surface area contributed by atoms with E-state index >= 15 is 0 Å². The molecule has 4 aromatic rings. The van der Waals surface area contributed by atoms with Crippen molar-refractivity contribution in [2.24, 2.45) is 0 Å². The average molecular weight is 493 g/mol. The lowest BCUT2D eigenvalue weighted by Crippen LogP contribution is -2.38. The smallest absolute Gasteiger partial charge is 0.256 e. The molecule has 1 aromatic carbocycles. The summed E-state index contributed by atoms with van der Waals surface area (Å²) in [7, 11) is 0. The maximum Gasteiger partial charge on any atom is 0.256 e.